The van der Waals surface area contributed by atoms with Gasteiger partial charge in [-0.2, -0.15) is 0 Å². The highest BCUT2D eigenvalue weighted by molar-refractivity contribution is 5.83. The number of nitrogens with one attached hydrogen (secondary N) is 1. The van der Waals surface area contributed by atoms with Crippen LogP contribution in [0.3, 0.4) is 0 Å². The fourth-order valence-electron chi connectivity index (χ4n) is 2.81. The Morgan fingerprint density at radius 3 is 2.61 bits per heavy atom. The zero-order chi connectivity index (χ0) is 13.1. The van der Waals surface area contributed by atoms with E-state index in [0.29, 0.717) is 13.0 Å². The average Bonchev–Trinajstić information content (AvgIpc) is 2.77. The van der Waals surface area contributed by atoms with Gasteiger partial charge in [0.1, 0.15) is 6.04 Å². The van der Waals surface area contributed by atoms with E-state index >= 15 is 0 Å². The molecule has 0 radical (unpaired) electrons. The topological polar surface area (TPSA) is 72.9 Å². The maximum atomic E-state index is 12.1. The van der Waals surface area contributed by atoms with Gasteiger partial charge in [-0.3, -0.25) is 0 Å². The summed E-state index contributed by atoms with van der Waals surface area (Å²) in [4.78, 5) is 26.7. The van der Waals surface area contributed by atoms with Gasteiger partial charge in [-0.1, -0.05) is 0 Å². The quantitative estimate of drug-likeness (QED) is 0.746. The number of likely N-dealkylation sites (N-methyl/N-ethyl adjacent to an activating group) is 1. The SMILES string of the molecule is CN1CCCC(NC(=O)N2CCC[C@@H]2C(=O)O)C1. The Kier molecular flexibility index (Phi) is 4.06. The molecule has 0 spiro atoms. The number of likely N-dealkylation sites (tertiary alicyclic amines) is 2. The monoisotopic (exact) mass is 255 g/mol. The number of carbonyl (C=O) groups excluding carboxylic acids is 1. The number of urea groups is 1. The maximum Gasteiger partial charge on any atom is 0.326 e. The van der Waals surface area contributed by atoms with E-state index in [9.17, 15) is 9.59 Å². The molecule has 2 heterocycles. The van der Waals surface area contributed by atoms with E-state index in [1.54, 1.807) is 0 Å². The summed E-state index contributed by atoms with van der Waals surface area (Å²) >= 11 is 0. The lowest BCUT2D eigenvalue weighted by Gasteiger charge is -2.32. The van der Waals surface area contributed by atoms with Crippen molar-refractivity contribution >= 4 is 12.0 Å². The van der Waals surface area contributed by atoms with Gasteiger partial charge in [-0.05, 0) is 39.3 Å². The number of carboxylic acids is 1. The molecule has 2 amide bonds. The van der Waals surface area contributed by atoms with Crippen LogP contribution in [0.2, 0.25) is 0 Å². The normalized spacial score (nSPS) is 29.3. The second-order valence-corrected chi connectivity index (χ2v) is 5.24. The van der Waals surface area contributed by atoms with Gasteiger partial charge in [0.25, 0.3) is 0 Å². The number of carbonyl (C=O) groups is 2. The van der Waals surface area contributed by atoms with Gasteiger partial charge in [-0.25, -0.2) is 9.59 Å². The van der Waals surface area contributed by atoms with Crippen LogP contribution in [0.15, 0.2) is 0 Å². The van der Waals surface area contributed by atoms with E-state index in [0.717, 1.165) is 32.4 Å². The predicted molar refractivity (Wildman–Crippen MR) is 66.4 cm³/mol. The lowest BCUT2D eigenvalue weighted by Crippen LogP contribution is -2.53. The summed E-state index contributed by atoms with van der Waals surface area (Å²) in [5, 5.41) is 12.0. The van der Waals surface area contributed by atoms with E-state index in [1.165, 1.54) is 4.90 Å². The first-order valence-electron chi connectivity index (χ1n) is 6.56. The Morgan fingerprint density at radius 2 is 1.94 bits per heavy atom. The van der Waals surface area contributed by atoms with Gasteiger partial charge in [-0.15, -0.1) is 0 Å². The predicted octanol–water partition coefficient (Wildman–Crippen LogP) is 0.339. The minimum Gasteiger partial charge on any atom is -0.480 e. The van der Waals surface area contributed by atoms with E-state index in [-0.39, 0.29) is 12.1 Å². The molecule has 2 aliphatic heterocycles. The van der Waals surface area contributed by atoms with Gasteiger partial charge >= 0.3 is 12.0 Å². The molecule has 0 saturated carbocycles. The van der Waals surface area contributed by atoms with Gasteiger partial charge in [0.05, 0.1) is 0 Å². The molecule has 6 heteroatoms. The third-order valence-corrected chi connectivity index (χ3v) is 3.75. The number of nitrogens with zero attached hydrogens (tertiary/aromatic N) is 2. The Morgan fingerprint density at radius 1 is 1.22 bits per heavy atom. The summed E-state index contributed by atoms with van der Waals surface area (Å²) in [6.07, 6.45) is 3.38. The maximum absolute atomic E-state index is 12.1. The first-order chi connectivity index (χ1) is 8.58. The van der Waals surface area contributed by atoms with Crippen LogP contribution >= 0.6 is 0 Å². The second kappa shape index (κ2) is 5.56. The fraction of sp³-hybridized carbons (Fsp3) is 0.833. The van der Waals surface area contributed by atoms with Crippen molar-refractivity contribution in [2.24, 2.45) is 0 Å². The lowest BCUT2D eigenvalue weighted by atomic mass is 10.1. The van der Waals surface area contributed by atoms with E-state index in [1.807, 2.05) is 7.05 Å². The summed E-state index contributed by atoms with van der Waals surface area (Å²) in [5.74, 6) is -0.900. The van der Waals surface area contributed by atoms with Crippen molar-refractivity contribution in [3.05, 3.63) is 0 Å². The van der Waals surface area contributed by atoms with Crippen LogP contribution in [0, 0.1) is 0 Å². The average molecular weight is 255 g/mol. The molecule has 2 saturated heterocycles. The molecule has 2 rings (SSSR count). The minimum atomic E-state index is -0.900. The Hall–Kier alpha value is -1.30. The van der Waals surface area contributed by atoms with Gasteiger partial charge in [0.15, 0.2) is 0 Å². The van der Waals surface area contributed by atoms with Crippen molar-refractivity contribution in [2.75, 3.05) is 26.7 Å². The van der Waals surface area contributed by atoms with Crippen molar-refractivity contribution in [3.8, 4) is 0 Å². The smallest absolute Gasteiger partial charge is 0.326 e. The molecule has 0 aromatic rings. The molecule has 0 bridgehead atoms. The third kappa shape index (κ3) is 2.93. The fourth-order valence-corrected chi connectivity index (χ4v) is 2.81. The van der Waals surface area contributed by atoms with Crippen LogP contribution in [-0.4, -0.2) is 65.7 Å². The van der Waals surface area contributed by atoms with E-state index in [4.69, 9.17) is 5.11 Å². The minimum absolute atomic E-state index is 0.145. The van der Waals surface area contributed by atoms with Crippen LogP contribution in [0.25, 0.3) is 0 Å². The van der Waals surface area contributed by atoms with Crippen LogP contribution in [0.1, 0.15) is 25.7 Å². The lowest BCUT2D eigenvalue weighted by molar-refractivity contribution is -0.141. The third-order valence-electron chi connectivity index (χ3n) is 3.75. The first-order valence-corrected chi connectivity index (χ1v) is 6.56. The highest BCUT2D eigenvalue weighted by Crippen LogP contribution is 2.18. The molecule has 1 unspecified atom stereocenters. The number of rotatable bonds is 2. The molecule has 102 valence electrons. The second-order valence-electron chi connectivity index (χ2n) is 5.24. The highest BCUT2D eigenvalue weighted by Gasteiger charge is 2.34. The Labute approximate surface area is 107 Å². The number of carboxylic acid groups (broad SMARTS) is 1. The van der Waals surface area contributed by atoms with E-state index < -0.39 is 12.0 Å². The molecular formula is C12H21N3O3. The molecule has 0 aliphatic carbocycles. The number of piperidine rings is 1. The summed E-state index contributed by atoms with van der Waals surface area (Å²) < 4.78 is 0. The molecule has 0 aromatic heterocycles. The van der Waals surface area contributed by atoms with E-state index in [2.05, 4.69) is 10.2 Å². The molecular weight excluding hydrogens is 234 g/mol. The molecule has 18 heavy (non-hydrogen) atoms. The highest BCUT2D eigenvalue weighted by atomic mass is 16.4. The molecule has 2 aliphatic rings. The van der Waals surface area contributed by atoms with Crippen molar-refractivity contribution in [2.45, 2.75) is 37.8 Å². The van der Waals surface area contributed by atoms with Crippen LogP contribution in [-0.2, 0) is 4.79 Å². The Bertz CT molecular complexity index is 335. The van der Waals surface area contributed by atoms with Crippen LogP contribution in [0.4, 0.5) is 4.79 Å². The standard InChI is InChI=1S/C12H21N3O3/c1-14-6-2-4-9(8-14)13-12(18)15-7-3-5-10(15)11(16)17/h9-10H,2-8H2,1H3,(H,13,18)(H,16,17)/t9?,10-/m1/s1. The van der Waals surface area contributed by atoms with Crippen molar-refractivity contribution in [1.82, 2.24) is 15.1 Å². The van der Waals surface area contributed by atoms with Gasteiger partial charge < -0.3 is 20.2 Å². The van der Waals surface area contributed by atoms with Crippen molar-refractivity contribution in [1.29, 1.82) is 0 Å². The first kappa shape index (κ1) is 13.1. The Balaban J connectivity index is 1.89. The number of aliphatic carboxylic acids is 1. The molecule has 2 fully saturated rings. The molecule has 0 aromatic carbocycles. The van der Waals surface area contributed by atoms with Crippen molar-refractivity contribution < 1.29 is 14.7 Å². The largest absolute Gasteiger partial charge is 0.480 e. The van der Waals surface area contributed by atoms with Gasteiger partial charge in [0.2, 0.25) is 0 Å². The zero-order valence-corrected chi connectivity index (χ0v) is 10.8. The van der Waals surface area contributed by atoms with Gasteiger partial charge in [0, 0.05) is 19.1 Å². The summed E-state index contributed by atoms with van der Waals surface area (Å²) in [6, 6.07) is -0.724. The molecule has 2 atom stereocenters. The molecule has 2 N–H and O–H groups in total. The van der Waals surface area contributed by atoms with Crippen LogP contribution < -0.4 is 5.32 Å². The number of hydrogen-bond acceptors (Lipinski definition) is 3. The zero-order valence-electron chi connectivity index (χ0n) is 10.8. The molecule has 6 nitrogen and oxygen atoms in total. The van der Waals surface area contributed by atoms with Crippen molar-refractivity contribution in [3.63, 3.8) is 0 Å². The number of amides is 2. The summed E-state index contributed by atoms with van der Waals surface area (Å²) in [5.41, 5.74) is 0. The van der Waals surface area contributed by atoms with Crippen LogP contribution in [0.5, 0.6) is 0 Å². The summed E-state index contributed by atoms with van der Waals surface area (Å²) in [6.45, 7) is 2.45. The number of hydrogen-bond donors (Lipinski definition) is 2. The summed E-state index contributed by atoms with van der Waals surface area (Å²) in [7, 11) is 2.04.